The first-order chi connectivity index (χ1) is 24.8. The van der Waals surface area contributed by atoms with Crippen LogP contribution < -0.4 is 9.80 Å². The molecule has 10 aromatic rings. The maximum absolute atomic E-state index is 7.15. The third-order valence-electron chi connectivity index (χ3n) is 9.62. The van der Waals surface area contributed by atoms with Crippen LogP contribution in [0.3, 0.4) is 0 Å². The van der Waals surface area contributed by atoms with Gasteiger partial charge >= 0.3 is 0 Å². The molecule has 0 bridgehead atoms. The normalized spacial score (nSPS) is 11.6. The molecule has 0 saturated heterocycles. The van der Waals surface area contributed by atoms with Crippen LogP contribution in [0.15, 0.2) is 186 Å². The Morgan fingerprint density at radius 3 is 1.64 bits per heavy atom. The molecule has 50 heavy (non-hydrogen) atoms. The molecule has 0 spiro atoms. The zero-order chi connectivity index (χ0) is 33.0. The van der Waals surface area contributed by atoms with E-state index < -0.39 is 0 Å². The van der Waals surface area contributed by atoms with E-state index in [1.54, 1.807) is 0 Å². The van der Waals surface area contributed by atoms with Crippen LogP contribution in [0.1, 0.15) is 0 Å². The SMILES string of the molecule is c1ccc(N(c2ccccc2)c2c(N(c3ccccc3)c3cccc4c3sc3ccccc34)ccc3c2oc2c4ccccc4ccc32)cc1. The summed E-state index contributed by atoms with van der Waals surface area (Å²) in [6.45, 7) is 0. The Morgan fingerprint density at radius 1 is 0.360 bits per heavy atom. The van der Waals surface area contributed by atoms with Crippen molar-refractivity contribution in [3.8, 4) is 0 Å². The maximum Gasteiger partial charge on any atom is 0.161 e. The number of thiophene rings is 1. The second-order valence-corrected chi connectivity index (χ2v) is 13.6. The van der Waals surface area contributed by atoms with Gasteiger partial charge in [-0.25, -0.2) is 0 Å². The molecule has 3 nitrogen and oxygen atoms in total. The monoisotopic (exact) mass is 658 g/mol. The quantitative estimate of drug-likeness (QED) is 0.177. The number of anilines is 6. The summed E-state index contributed by atoms with van der Waals surface area (Å²) in [5, 5.41) is 6.97. The number of rotatable bonds is 6. The lowest BCUT2D eigenvalue weighted by Crippen LogP contribution is -2.17. The molecule has 0 N–H and O–H groups in total. The molecule has 8 aromatic carbocycles. The Balaban J connectivity index is 1.36. The second kappa shape index (κ2) is 11.7. The van der Waals surface area contributed by atoms with E-state index in [1.807, 2.05) is 11.3 Å². The van der Waals surface area contributed by atoms with E-state index in [1.165, 1.54) is 20.2 Å². The molecule has 0 radical (unpaired) electrons. The zero-order valence-corrected chi connectivity index (χ0v) is 27.8. The minimum absolute atomic E-state index is 0.839. The highest BCUT2D eigenvalue weighted by atomic mass is 32.1. The van der Waals surface area contributed by atoms with Gasteiger partial charge in [0.25, 0.3) is 0 Å². The lowest BCUT2D eigenvalue weighted by atomic mass is 10.0. The highest BCUT2D eigenvalue weighted by Gasteiger charge is 2.28. The van der Waals surface area contributed by atoms with E-state index in [0.29, 0.717) is 0 Å². The molecular formula is C46H30N2OS. The third kappa shape index (κ3) is 4.50. The van der Waals surface area contributed by atoms with Gasteiger partial charge in [-0.2, -0.15) is 0 Å². The largest absolute Gasteiger partial charge is 0.453 e. The van der Waals surface area contributed by atoms with Gasteiger partial charge in [-0.1, -0.05) is 115 Å². The summed E-state index contributed by atoms with van der Waals surface area (Å²) < 4.78 is 9.67. The predicted octanol–water partition coefficient (Wildman–Crippen LogP) is 14.0. The van der Waals surface area contributed by atoms with Crippen molar-refractivity contribution in [2.45, 2.75) is 0 Å². The van der Waals surface area contributed by atoms with Crippen molar-refractivity contribution in [3.05, 3.63) is 182 Å². The van der Waals surface area contributed by atoms with Gasteiger partial charge in [0.2, 0.25) is 0 Å². The molecule has 0 aliphatic heterocycles. The van der Waals surface area contributed by atoms with Crippen molar-refractivity contribution in [1.82, 2.24) is 0 Å². The molecule has 2 heterocycles. The van der Waals surface area contributed by atoms with Crippen molar-refractivity contribution in [2.24, 2.45) is 0 Å². The summed E-state index contributed by atoms with van der Waals surface area (Å²) in [6.07, 6.45) is 0. The molecular weight excluding hydrogens is 629 g/mol. The number of para-hydroxylation sites is 3. The van der Waals surface area contributed by atoms with Gasteiger partial charge in [-0.15, -0.1) is 11.3 Å². The van der Waals surface area contributed by atoms with Crippen LogP contribution in [-0.2, 0) is 0 Å². The average Bonchev–Trinajstić information content (AvgIpc) is 3.77. The number of fused-ring (bicyclic) bond motifs is 8. The number of hydrogen-bond acceptors (Lipinski definition) is 4. The number of nitrogens with zero attached hydrogens (tertiary/aromatic N) is 2. The van der Waals surface area contributed by atoms with Gasteiger partial charge in [0, 0.05) is 48.7 Å². The minimum atomic E-state index is 0.839. The summed E-state index contributed by atoms with van der Waals surface area (Å²) in [7, 11) is 0. The van der Waals surface area contributed by atoms with Crippen LogP contribution in [0.4, 0.5) is 34.1 Å². The third-order valence-corrected chi connectivity index (χ3v) is 10.8. The molecule has 0 unspecified atom stereocenters. The Kier molecular flexibility index (Phi) is 6.68. The maximum atomic E-state index is 7.15. The Hall–Kier alpha value is -6.36. The lowest BCUT2D eigenvalue weighted by molar-refractivity contribution is 0.673. The highest BCUT2D eigenvalue weighted by Crippen LogP contribution is 2.53. The molecule has 0 atom stereocenters. The fraction of sp³-hybridized carbons (Fsp3) is 0. The fourth-order valence-corrected chi connectivity index (χ4v) is 8.60. The summed E-state index contributed by atoms with van der Waals surface area (Å²) in [6, 6.07) is 64.7. The summed E-state index contributed by atoms with van der Waals surface area (Å²) in [5.41, 5.74) is 8.02. The first kappa shape index (κ1) is 28.6. The van der Waals surface area contributed by atoms with Crippen molar-refractivity contribution < 1.29 is 4.42 Å². The summed E-state index contributed by atoms with van der Waals surface area (Å²) in [5.74, 6) is 0. The van der Waals surface area contributed by atoms with Crippen molar-refractivity contribution in [3.63, 3.8) is 0 Å². The van der Waals surface area contributed by atoms with Gasteiger partial charge in [0.05, 0.1) is 16.1 Å². The molecule has 4 heteroatoms. The lowest BCUT2D eigenvalue weighted by Gasteiger charge is -2.33. The zero-order valence-electron chi connectivity index (χ0n) is 27.0. The minimum Gasteiger partial charge on any atom is -0.453 e. The van der Waals surface area contributed by atoms with Gasteiger partial charge in [0.1, 0.15) is 11.3 Å². The summed E-state index contributed by atoms with van der Waals surface area (Å²) in [4.78, 5) is 4.76. The fourth-order valence-electron chi connectivity index (χ4n) is 7.39. The molecule has 0 amide bonds. The van der Waals surface area contributed by atoms with E-state index in [2.05, 4.69) is 192 Å². The van der Waals surface area contributed by atoms with Gasteiger partial charge in [-0.05, 0) is 72.1 Å². The molecule has 2 aromatic heterocycles. The second-order valence-electron chi connectivity index (χ2n) is 12.5. The van der Waals surface area contributed by atoms with Crippen molar-refractivity contribution in [2.75, 3.05) is 9.80 Å². The van der Waals surface area contributed by atoms with Crippen LogP contribution in [0.2, 0.25) is 0 Å². The van der Waals surface area contributed by atoms with Gasteiger partial charge in [-0.3, -0.25) is 0 Å². The van der Waals surface area contributed by atoms with Gasteiger partial charge in [0.15, 0.2) is 5.58 Å². The molecule has 0 aliphatic rings. The smallest absolute Gasteiger partial charge is 0.161 e. The van der Waals surface area contributed by atoms with Crippen molar-refractivity contribution >= 4 is 98.3 Å². The number of furan rings is 1. The molecule has 10 rings (SSSR count). The van der Waals surface area contributed by atoms with E-state index in [9.17, 15) is 0 Å². The number of benzene rings is 8. The average molecular weight is 659 g/mol. The first-order valence-corrected chi connectivity index (χ1v) is 17.7. The van der Waals surface area contributed by atoms with Crippen LogP contribution >= 0.6 is 11.3 Å². The predicted molar refractivity (Wildman–Crippen MR) is 213 cm³/mol. The Bertz CT molecular complexity index is 2780. The topological polar surface area (TPSA) is 19.6 Å². The van der Waals surface area contributed by atoms with E-state index in [-0.39, 0.29) is 0 Å². The van der Waals surface area contributed by atoms with Crippen LogP contribution in [-0.4, -0.2) is 0 Å². The standard InChI is InChI=1S/C46H30N2OS/c1-4-16-32(17-5-1)47(33-18-6-2-7-19-33)43-40(30-29-38-37-28-27-31-15-10-11-22-35(31)44(37)49-45(38)43)48(34-20-8-3-9-21-34)41-25-14-24-39-36-23-12-13-26-42(36)50-46(39)41/h1-30H. The Labute approximate surface area is 293 Å². The van der Waals surface area contributed by atoms with Crippen LogP contribution in [0.5, 0.6) is 0 Å². The first-order valence-electron chi connectivity index (χ1n) is 16.9. The molecule has 0 fully saturated rings. The molecule has 0 aliphatic carbocycles. The highest BCUT2D eigenvalue weighted by molar-refractivity contribution is 7.26. The molecule has 236 valence electrons. The van der Waals surface area contributed by atoms with E-state index >= 15 is 0 Å². The van der Waals surface area contributed by atoms with Crippen LogP contribution in [0, 0.1) is 0 Å². The van der Waals surface area contributed by atoms with E-state index in [4.69, 9.17) is 4.42 Å². The van der Waals surface area contributed by atoms with Crippen molar-refractivity contribution in [1.29, 1.82) is 0 Å². The van der Waals surface area contributed by atoms with Crippen LogP contribution in [0.25, 0.3) is 52.9 Å². The summed E-state index contributed by atoms with van der Waals surface area (Å²) >= 11 is 1.84. The van der Waals surface area contributed by atoms with E-state index in [0.717, 1.165) is 66.8 Å². The number of hydrogen-bond donors (Lipinski definition) is 0. The van der Waals surface area contributed by atoms with Gasteiger partial charge < -0.3 is 14.2 Å². The molecule has 0 saturated carbocycles. The Morgan fingerprint density at radius 2 is 0.920 bits per heavy atom.